The lowest BCUT2D eigenvalue weighted by Crippen LogP contribution is -2.20. The van der Waals surface area contributed by atoms with E-state index < -0.39 is 0 Å². The number of para-hydroxylation sites is 2. The Hall–Kier alpha value is -2.95. The average molecular weight is 306 g/mol. The van der Waals surface area contributed by atoms with Crippen LogP contribution in [0.15, 0.2) is 59.7 Å². The Morgan fingerprint density at radius 1 is 1.17 bits per heavy atom. The fourth-order valence-electron chi connectivity index (χ4n) is 2.51. The molecule has 0 atom stereocenters. The van der Waals surface area contributed by atoms with Crippen molar-refractivity contribution in [2.45, 2.75) is 19.9 Å². The lowest BCUT2D eigenvalue weighted by atomic mass is 10.1. The van der Waals surface area contributed by atoms with Gasteiger partial charge in [0.05, 0.1) is 23.7 Å². The summed E-state index contributed by atoms with van der Waals surface area (Å²) in [5.74, 6) is 0.584. The van der Waals surface area contributed by atoms with Crippen LogP contribution >= 0.6 is 0 Å². The summed E-state index contributed by atoms with van der Waals surface area (Å²) in [6.07, 6.45) is 1.90. The number of amides is 1. The molecule has 0 spiro atoms. The van der Waals surface area contributed by atoms with Gasteiger partial charge in [-0.3, -0.25) is 4.79 Å². The number of carbonyl (C=O) groups excluding carboxylic acids is 1. The summed E-state index contributed by atoms with van der Waals surface area (Å²) in [6.45, 7) is 2.85. The summed E-state index contributed by atoms with van der Waals surface area (Å²) in [5, 5.41) is 4.03. The largest absolute Gasteiger partial charge is 0.323 e. The second kappa shape index (κ2) is 6.87. The van der Waals surface area contributed by atoms with Gasteiger partial charge in [0.25, 0.3) is 0 Å². The third kappa shape index (κ3) is 3.45. The number of imidazole rings is 1. The molecular weight excluding hydrogens is 288 g/mol. The fourth-order valence-corrected chi connectivity index (χ4v) is 2.51. The van der Waals surface area contributed by atoms with Gasteiger partial charge in [-0.1, -0.05) is 42.5 Å². The molecule has 1 heterocycles. The van der Waals surface area contributed by atoms with E-state index in [1.54, 1.807) is 6.21 Å². The second-order valence-electron chi connectivity index (χ2n) is 5.16. The quantitative estimate of drug-likeness (QED) is 0.582. The molecule has 1 N–H and O–H groups in total. The van der Waals surface area contributed by atoms with E-state index in [-0.39, 0.29) is 5.91 Å². The van der Waals surface area contributed by atoms with E-state index >= 15 is 0 Å². The van der Waals surface area contributed by atoms with Crippen LogP contribution in [0.1, 0.15) is 18.3 Å². The smallest absolute Gasteiger partial charge is 0.244 e. The van der Waals surface area contributed by atoms with Gasteiger partial charge >= 0.3 is 0 Å². The van der Waals surface area contributed by atoms with Crippen molar-refractivity contribution in [1.29, 1.82) is 0 Å². The highest BCUT2D eigenvalue weighted by molar-refractivity contribution is 5.86. The molecular formula is C18H18N4O. The Labute approximate surface area is 134 Å². The highest BCUT2D eigenvalue weighted by Crippen LogP contribution is 2.14. The summed E-state index contributed by atoms with van der Waals surface area (Å²) in [6, 6.07) is 17.5. The summed E-state index contributed by atoms with van der Waals surface area (Å²) >= 11 is 0. The number of nitrogens with one attached hydrogen (secondary N) is 1. The Bertz CT molecular complexity index is 837. The molecule has 3 rings (SSSR count). The minimum absolute atomic E-state index is 0.147. The van der Waals surface area contributed by atoms with Gasteiger partial charge in [0.1, 0.15) is 0 Å². The Morgan fingerprint density at radius 3 is 2.70 bits per heavy atom. The molecule has 0 aliphatic rings. The van der Waals surface area contributed by atoms with Crippen molar-refractivity contribution in [3.05, 3.63) is 66.0 Å². The number of fused-ring (bicyclic) bond motifs is 1. The van der Waals surface area contributed by atoms with E-state index in [1.165, 1.54) is 0 Å². The van der Waals surface area contributed by atoms with Crippen molar-refractivity contribution in [2.24, 2.45) is 5.10 Å². The van der Waals surface area contributed by atoms with Crippen LogP contribution in [0.4, 0.5) is 0 Å². The average Bonchev–Trinajstić information content (AvgIpc) is 2.93. The first-order valence-corrected chi connectivity index (χ1v) is 7.59. The molecule has 0 saturated carbocycles. The normalized spacial score (nSPS) is 11.2. The van der Waals surface area contributed by atoms with Gasteiger partial charge in [-0.05, 0) is 24.6 Å². The van der Waals surface area contributed by atoms with Crippen molar-refractivity contribution < 1.29 is 4.79 Å². The minimum Gasteiger partial charge on any atom is -0.323 e. The molecule has 2 aromatic carbocycles. The van der Waals surface area contributed by atoms with Gasteiger partial charge in [0.15, 0.2) is 5.82 Å². The molecule has 1 amide bonds. The fraction of sp³-hybridized carbons (Fsp3) is 0.167. The molecule has 5 nitrogen and oxygen atoms in total. The first-order valence-electron chi connectivity index (χ1n) is 7.59. The molecule has 3 aromatic rings. The van der Waals surface area contributed by atoms with Crippen LogP contribution < -0.4 is 5.43 Å². The number of hydrogen-bond donors (Lipinski definition) is 1. The molecule has 0 unspecified atom stereocenters. The highest BCUT2D eigenvalue weighted by atomic mass is 16.2. The molecule has 0 aliphatic carbocycles. The van der Waals surface area contributed by atoms with Crippen LogP contribution in [0, 0.1) is 0 Å². The molecule has 0 bridgehead atoms. The number of hydrazone groups is 1. The zero-order chi connectivity index (χ0) is 16.1. The van der Waals surface area contributed by atoms with Crippen molar-refractivity contribution in [2.75, 3.05) is 0 Å². The zero-order valence-electron chi connectivity index (χ0n) is 12.9. The summed E-state index contributed by atoms with van der Waals surface area (Å²) < 4.78 is 2.06. The van der Waals surface area contributed by atoms with Gasteiger partial charge in [0, 0.05) is 6.54 Å². The lowest BCUT2D eigenvalue weighted by molar-refractivity contribution is -0.120. The maximum Gasteiger partial charge on any atom is 0.244 e. The van der Waals surface area contributed by atoms with E-state index in [1.807, 2.05) is 54.6 Å². The first kappa shape index (κ1) is 15.0. The van der Waals surface area contributed by atoms with Crippen molar-refractivity contribution in [1.82, 2.24) is 15.0 Å². The molecule has 0 saturated heterocycles. The van der Waals surface area contributed by atoms with Crippen molar-refractivity contribution >= 4 is 23.2 Å². The third-order valence-corrected chi connectivity index (χ3v) is 3.58. The number of rotatable bonds is 5. The van der Waals surface area contributed by atoms with E-state index in [9.17, 15) is 4.79 Å². The summed E-state index contributed by atoms with van der Waals surface area (Å²) in [7, 11) is 0. The van der Waals surface area contributed by atoms with Crippen LogP contribution in [0.5, 0.6) is 0 Å². The van der Waals surface area contributed by atoms with E-state index in [2.05, 4.69) is 27.0 Å². The van der Waals surface area contributed by atoms with Crippen LogP contribution in [0.25, 0.3) is 11.0 Å². The lowest BCUT2D eigenvalue weighted by Gasteiger charge is -2.02. The first-order chi connectivity index (χ1) is 11.3. The number of aromatic nitrogens is 2. The van der Waals surface area contributed by atoms with Crippen LogP contribution in [0.3, 0.4) is 0 Å². The molecule has 1 aromatic heterocycles. The number of benzene rings is 2. The maximum absolute atomic E-state index is 11.9. The zero-order valence-corrected chi connectivity index (χ0v) is 12.9. The highest BCUT2D eigenvalue weighted by Gasteiger charge is 2.07. The number of hydrogen-bond acceptors (Lipinski definition) is 3. The van der Waals surface area contributed by atoms with Crippen molar-refractivity contribution in [3.8, 4) is 0 Å². The summed E-state index contributed by atoms with van der Waals surface area (Å²) in [5.41, 5.74) is 5.50. The minimum atomic E-state index is -0.147. The number of carbonyl (C=O) groups is 1. The number of aryl methyl sites for hydroxylation is 1. The molecule has 116 valence electrons. The summed E-state index contributed by atoms with van der Waals surface area (Å²) in [4.78, 5) is 16.4. The maximum atomic E-state index is 11.9. The molecule has 0 aliphatic heterocycles. The van der Waals surface area contributed by atoms with E-state index in [0.29, 0.717) is 6.42 Å². The van der Waals surface area contributed by atoms with Crippen LogP contribution in [0.2, 0.25) is 0 Å². The van der Waals surface area contributed by atoms with Crippen molar-refractivity contribution in [3.63, 3.8) is 0 Å². The van der Waals surface area contributed by atoms with Gasteiger partial charge in [-0.25, -0.2) is 10.4 Å². The molecule has 5 heteroatoms. The van der Waals surface area contributed by atoms with Gasteiger partial charge in [-0.2, -0.15) is 5.10 Å². The van der Waals surface area contributed by atoms with Crippen LogP contribution in [-0.4, -0.2) is 21.7 Å². The van der Waals surface area contributed by atoms with E-state index in [0.717, 1.165) is 29.0 Å². The predicted molar refractivity (Wildman–Crippen MR) is 91.3 cm³/mol. The number of nitrogens with zero attached hydrogens (tertiary/aromatic N) is 3. The van der Waals surface area contributed by atoms with Gasteiger partial charge in [0.2, 0.25) is 5.91 Å². The second-order valence-corrected chi connectivity index (χ2v) is 5.16. The Balaban J connectivity index is 1.69. The monoisotopic (exact) mass is 306 g/mol. The van der Waals surface area contributed by atoms with Gasteiger partial charge in [-0.15, -0.1) is 0 Å². The SMILES string of the molecule is CCn1c(/C=N/NC(=O)Cc2ccccc2)nc2ccccc21. The van der Waals surface area contributed by atoms with E-state index in [4.69, 9.17) is 0 Å². The van der Waals surface area contributed by atoms with Gasteiger partial charge < -0.3 is 4.57 Å². The molecule has 23 heavy (non-hydrogen) atoms. The Kier molecular flexibility index (Phi) is 4.47. The Morgan fingerprint density at radius 2 is 1.91 bits per heavy atom. The topological polar surface area (TPSA) is 59.3 Å². The predicted octanol–water partition coefficient (Wildman–Crippen LogP) is 2.75. The molecule has 0 radical (unpaired) electrons. The standard InChI is InChI=1S/C18H18N4O/c1-2-22-16-11-7-6-10-15(16)20-17(22)13-19-21-18(23)12-14-8-4-3-5-9-14/h3-11,13H,2,12H2,1H3,(H,21,23)/b19-13+. The van der Waals surface area contributed by atoms with Crippen LogP contribution in [-0.2, 0) is 17.8 Å². The third-order valence-electron chi connectivity index (χ3n) is 3.58. The molecule has 0 fully saturated rings.